The van der Waals surface area contributed by atoms with E-state index in [-0.39, 0.29) is 15.5 Å². The van der Waals surface area contributed by atoms with E-state index >= 15 is 0 Å². The Morgan fingerprint density at radius 3 is 2.16 bits per heavy atom. The highest BCUT2D eigenvalue weighted by Crippen LogP contribution is 2.25. The number of hydrogen-bond acceptors (Lipinski definition) is 5. The molecule has 0 unspecified atom stereocenters. The zero-order chi connectivity index (χ0) is 23.4. The van der Waals surface area contributed by atoms with E-state index in [2.05, 4.69) is 4.72 Å². The Balaban J connectivity index is 1.84. The van der Waals surface area contributed by atoms with Gasteiger partial charge in [0.2, 0.25) is 0 Å². The lowest BCUT2D eigenvalue weighted by Gasteiger charge is -2.20. The van der Waals surface area contributed by atoms with Crippen molar-refractivity contribution in [1.82, 2.24) is 0 Å². The molecule has 0 fully saturated rings. The lowest BCUT2D eigenvalue weighted by atomic mass is 10.2. The minimum Gasteiger partial charge on any atom is -0.478 e. The summed E-state index contributed by atoms with van der Waals surface area (Å²) >= 11 is 0. The first-order valence-corrected chi connectivity index (χ1v) is 12.2. The molecule has 2 N–H and O–H groups in total. The molecule has 166 valence electrons. The van der Waals surface area contributed by atoms with E-state index in [9.17, 15) is 21.6 Å². The molecule has 0 atom stereocenters. The smallest absolute Gasteiger partial charge is 0.328 e. The third-order valence-electron chi connectivity index (χ3n) is 4.47. The number of sulfonamides is 2. The average Bonchev–Trinajstić information content (AvgIpc) is 2.78. The Morgan fingerprint density at radius 2 is 1.53 bits per heavy atom. The molecular weight excluding hydrogens is 452 g/mol. The maximum atomic E-state index is 13.0. The van der Waals surface area contributed by atoms with Crippen molar-refractivity contribution in [3.05, 3.63) is 90.5 Å². The van der Waals surface area contributed by atoms with Crippen LogP contribution in [0.2, 0.25) is 0 Å². The highest BCUT2D eigenvalue weighted by Gasteiger charge is 2.22. The van der Waals surface area contributed by atoms with Gasteiger partial charge < -0.3 is 5.11 Å². The van der Waals surface area contributed by atoms with Crippen molar-refractivity contribution in [3.8, 4) is 0 Å². The maximum absolute atomic E-state index is 13.0. The van der Waals surface area contributed by atoms with E-state index in [4.69, 9.17) is 5.11 Å². The summed E-state index contributed by atoms with van der Waals surface area (Å²) in [7, 11) is -6.49. The van der Waals surface area contributed by atoms with Gasteiger partial charge in [-0.1, -0.05) is 36.4 Å². The van der Waals surface area contributed by atoms with Crippen molar-refractivity contribution in [2.75, 3.05) is 16.1 Å². The fourth-order valence-electron chi connectivity index (χ4n) is 2.79. The molecule has 0 aromatic heterocycles. The van der Waals surface area contributed by atoms with Crippen LogP contribution in [0.4, 0.5) is 11.4 Å². The summed E-state index contributed by atoms with van der Waals surface area (Å²) in [6, 6.07) is 19.6. The molecule has 0 aliphatic carbocycles. The van der Waals surface area contributed by atoms with Crippen molar-refractivity contribution in [3.63, 3.8) is 0 Å². The molecule has 3 rings (SSSR count). The largest absolute Gasteiger partial charge is 0.478 e. The number of carboxylic acid groups (broad SMARTS) is 1. The SMILES string of the molecule is CN(c1ccccc1)S(=O)(=O)c1cccc(NS(=O)(=O)c2ccc(/C=C/C(=O)O)cc2)c1. The van der Waals surface area contributed by atoms with Crippen LogP contribution < -0.4 is 9.03 Å². The predicted molar refractivity (Wildman–Crippen MR) is 122 cm³/mol. The van der Waals surface area contributed by atoms with Crippen molar-refractivity contribution in [2.24, 2.45) is 0 Å². The number of rotatable bonds is 8. The van der Waals surface area contributed by atoms with Crippen LogP contribution in [0.25, 0.3) is 6.08 Å². The normalized spacial score (nSPS) is 11.9. The van der Waals surface area contributed by atoms with Gasteiger partial charge >= 0.3 is 5.97 Å². The van der Waals surface area contributed by atoms with Crippen molar-refractivity contribution in [2.45, 2.75) is 9.79 Å². The molecule has 0 aliphatic heterocycles. The fourth-order valence-corrected chi connectivity index (χ4v) is 5.09. The first kappa shape index (κ1) is 23.0. The zero-order valence-electron chi connectivity index (χ0n) is 16.9. The monoisotopic (exact) mass is 472 g/mol. The van der Waals surface area contributed by atoms with E-state index in [0.29, 0.717) is 11.3 Å². The molecule has 0 saturated heterocycles. The maximum Gasteiger partial charge on any atom is 0.328 e. The van der Waals surface area contributed by atoms with E-state index in [1.807, 2.05) is 0 Å². The predicted octanol–water partition coefficient (Wildman–Crippen LogP) is 3.41. The number of para-hydroxylation sites is 1. The van der Waals surface area contributed by atoms with Crippen LogP contribution in [0.3, 0.4) is 0 Å². The minimum atomic E-state index is -3.99. The van der Waals surface area contributed by atoms with Gasteiger partial charge in [-0.15, -0.1) is 0 Å². The Hall–Kier alpha value is -3.63. The van der Waals surface area contributed by atoms with Crippen molar-refractivity contribution >= 4 is 43.5 Å². The summed E-state index contributed by atoms with van der Waals surface area (Å²) in [4.78, 5) is 10.5. The number of carboxylic acids is 1. The quantitative estimate of drug-likeness (QED) is 0.485. The van der Waals surface area contributed by atoms with Gasteiger partial charge in [-0.05, 0) is 54.1 Å². The van der Waals surface area contributed by atoms with Gasteiger partial charge in [0.25, 0.3) is 20.0 Å². The van der Waals surface area contributed by atoms with Crippen molar-refractivity contribution < 1.29 is 26.7 Å². The van der Waals surface area contributed by atoms with Crippen LogP contribution in [-0.4, -0.2) is 35.0 Å². The number of nitrogens with zero attached hydrogens (tertiary/aromatic N) is 1. The molecule has 0 spiro atoms. The van der Waals surface area contributed by atoms with E-state index < -0.39 is 26.0 Å². The number of hydrogen-bond donors (Lipinski definition) is 2. The highest BCUT2D eigenvalue weighted by molar-refractivity contribution is 7.93. The topological polar surface area (TPSA) is 121 Å². The van der Waals surface area contributed by atoms with E-state index in [1.165, 1.54) is 61.7 Å². The molecule has 32 heavy (non-hydrogen) atoms. The number of benzene rings is 3. The lowest BCUT2D eigenvalue weighted by molar-refractivity contribution is -0.131. The van der Waals surface area contributed by atoms with Crippen LogP contribution in [-0.2, 0) is 24.8 Å². The molecule has 0 heterocycles. The number of carbonyl (C=O) groups is 1. The average molecular weight is 473 g/mol. The van der Waals surface area contributed by atoms with Gasteiger partial charge in [-0.2, -0.15) is 0 Å². The van der Waals surface area contributed by atoms with E-state index in [1.54, 1.807) is 30.3 Å². The summed E-state index contributed by atoms with van der Waals surface area (Å²) in [6.45, 7) is 0. The molecule has 0 radical (unpaired) electrons. The Bertz CT molecular complexity index is 1350. The Morgan fingerprint density at radius 1 is 0.875 bits per heavy atom. The third-order valence-corrected chi connectivity index (χ3v) is 7.65. The summed E-state index contributed by atoms with van der Waals surface area (Å²) in [5, 5.41) is 8.66. The standard InChI is InChI=1S/C22H20N2O6S2/c1-24(19-7-3-2-4-8-19)32(29,30)21-9-5-6-18(16-21)23-31(27,28)20-13-10-17(11-14-20)12-15-22(25)26/h2-16,23H,1H3,(H,25,26)/b15-12+. The Labute approximate surface area is 186 Å². The molecule has 0 saturated carbocycles. The van der Waals surface area contributed by atoms with Gasteiger partial charge in [0.05, 0.1) is 21.2 Å². The number of nitrogens with one attached hydrogen (secondary N) is 1. The molecule has 3 aromatic carbocycles. The second kappa shape index (κ2) is 9.25. The van der Waals surface area contributed by atoms with E-state index in [0.717, 1.165) is 10.4 Å². The van der Waals surface area contributed by atoms with Crippen LogP contribution in [0.5, 0.6) is 0 Å². The minimum absolute atomic E-state index is 0.0559. The summed E-state index contributed by atoms with van der Waals surface area (Å²) in [6.07, 6.45) is 2.28. The lowest BCUT2D eigenvalue weighted by Crippen LogP contribution is -2.26. The second-order valence-electron chi connectivity index (χ2n) is 6.68. The van der Waals surface area contributed by atoms with Gasteiger partial charge in [0.15, 0.2) is 0 Å². The molecule has 8 nitrogen and oxygen atoms in total. The number of anilines is 2. The van der Waals surface area contributed by atoms with Crippen LogP contribution in [0.15, 0.2) is 94.7 Å². The van der Waals surface area contributed by atoms with Crippen molar-refractivity contribution in [1.29, 1.82) is 0 Å². The van der Waals surface area contributed by atoms with Gasteiger partial charge in [0, 0.05) is 13.1 Å². The van der Waals surface area contributed by atoms with Crippen LogP contribution >= 0.6 is 0 Å². The van der Waals surface area contributed by atoms with Crippen LogP contribution in [0.1, 0.15) is 5.56 Å². The summed E-state index contributed by atoms with van der Waals surface area (Å²) in [5.41, 5.74) is 1.07. The molecule has 0 bridgehead atoms. The first-order chi connectivity index (χ1) is 15.1. The highest BCUT2D eigenvalue weighted by atomic mass is 32.2. The third kappa shape index (κ3) is 5.34. The summed E-state index contributed by atoms with van der Waals surface area (Å²) < 4.78 is 54.8. The molecular formula is C22H20N2O6S2. The zero-order valence-corrected chi connectivity index (χ0v) is 18.5. The molecule has 0 amide bonds. The number of aliphatic carboxylic acids is 1. The van der Waals surface area contributed by atoms with Crippen LogP contribution in [0, 0.1) is 0 Å². The molecule has 3 aromatic rings. The van der Waals surface area contributed by atoms with Gasteiger partial charge in [-0.25, -0.2) is 21.6 Å². The second-order valence-corrected chi connectivity index (χ2v) is 10.3. The fraction of sp³-hybridized carbons (Fsp3) is 0.0455. The Kier molecular flexibility index (Phi) is 6.66. The first-order valence-electron chi connectivity index (χ1n) is 9.27. The summed E-state index contributed by atoms with van der Waals surface area (Å²) in [5.74, 6) is -1.11. The molecule has 0 aliphatic rings. The van der Waals surface area contributed by atoms with Gasteiger partial charge in [0.1, 0.15) is 0 Å². The van der Waals surface area contributed by atoms with Gasteiger partial charge in [-0.3, -0.25) is 9.03 Å². The molecule has 10 heteroatoms.